The van der Waals surface area contributed by atoms with Gasteiger partial charge in [-0.1, -0.05) is 40.0 Å². The maximum atomic E-state index is 11.5. The van der Waals surface area contributed by atoms with Gasteiger partial charge in [0.1, 0.15) is 5.56 Å². The standard InChI is InChI=1S/C19H30O5/c1-4-7-12-22-16-11-10-15(19(20)21)17(23-13-8-5-2)18(16)24-14-9-6-3/h10-11H,4-9,12-14H2,1-3H3,(H,20,21). The summed E-state index contributed by atoms with van der Waals surface area (Å²) in [5.41, 5.74) is 0.112. The second-order valence-corrected chi connectivity index (χ2v) is 5.68. The fourth-order valence-electron chi connectivity index (χ4n) is 2.07. The van der Waals surface area contributed by atoms with Gasteiger partial charge in [-0.05, 0) is 31.4 Å². The van der Waals surface area contributed by atoms with Crippen LogP contribution in [0.15, 0.2) is 12.1 Å². The van der Waals surface area contributed by atoms with Crippen LogP contribution >= 0.6 is 0 Å². The first kappa shape index (κ1) is 20.1. The van der Waals surface area contributed by atoms with Gasteiger partial charge in [0.05, 0.1) is 19.8 Å². The number of carbonyl (C=O) groups is 1. The summed E-state index contributed by atoms with van der Waals surface area (Å²) in [6.45, 7) is 7.77. The van der Waals surface area contributed by atoms with E-state index in [1.54, 1.807) is 6.07 Å². The second-order valence-electron chi connectivity index (χ2n) is 5.68. The van der Waals surface area contributed by atoms with E-state index in [4.69, 9.17) is 14.2 Å². The van der Waals surface area contributed by atoms with Crippen LogP contribution in [0, 0.1) is 0 Å². The number of aromatic carboxylic acids is 1. The Balaban J connectivity index is 3.11. The lowest BCUT2D eigenvalue weighted by atomic mass is 10.1. The summed E-state index contributed by atoms with van der Waals surface area (Å²) in [6.07, 6.45) is 5.67. The highest BCUT2D eigenvalue weighted by atomic mass is 16.5. The third-order valence-corrected chi connectivity index (χ3v) is 3.55. The molecule has 0 aliphatic heterocycles. The van der Waals surface area contributed by atoms with Crippen LogP contribution in [0.25, 0.3) is 0 Å². The summed E-state index contributed by atoms with van der Waals surface area (Å²) in [4.78, 5) is 11.5. The van der Waals surface area contributed by atoms with Crippen LogP contribution in [-0.2, 0) is 0 Å². The van der Waals surface area contributed by atoms with E-state index >= 15 is 0 Å². The van der Waals surface area contributed by atoms with Crippen LogP contribution in [0.2, 0.25) is 0 Å². The molecule has 136 valence electrons. The van der Waals surface area contributed by atoms with Crippen molar-refractivity contribution >= 4 is 5.97 Å². The van der Waals surface area contributed by atoms with Gasteiger partial charge >= 0.3 is 5.97 Å². The zero-order chi connectivity index (χ0) is 17.8. The molecule has 0 saturated heterocycles. The van der Waals surface area contributed by atoms with Crippen molar-refractivity contribution in [2.45, 2.75) is 59.3 Å². The van der Waals surface area contributed by atoms with Crippen LogP contribution in [0.3, 0.4) is 0 Å². The van der Waals surface area contributed by atoms with Gasteiger partial charge in [0.2, 0.25) is 5.75 Å². The molecule has 0 spiro atoms. The Hall–Kier alpha value is -1.91. The highest BCUT2D eigenvalue weighted by molar-refractivity contribution is 5.92. The molecule has 0 amide bonds. The highest BCUT2D eigenvalue weighted by Crippen LogP contribution is 2.41. The molecule has 0 bridgehead atoms. The van der Waals surface area contributed by atoms with Gasteiger partial charge < -0.3 is 19.3 Å². The number of hydrogen-bond donors (Lipinski definition) is 1. The SMILES string of the molecule is CCCCOc1ccc(C(=O)O)c(OCCCC)c1OCCCC. The van der Waals surface area contributed by atoms with Crippen molar-refractivity contribution < 1.29 is 24.1 Å². The summed E-state index contributed by atoms with van der Waals surface area (Å²) in [5.74, 6) is 0.217. The molecule has 0 radical (unpaired) electrons. The molecular weight excluding hydrogens is 308 g/mol. The molecule has 0 fully saturated rings. The van der Waals surface area contributed by atoms with Crippen LogP contribution in [0.5, 0.6) is 17.2 Å². The largest absolute Gasteiger partial charge is 0.490 e. The summed E-state index contributed by atoms with van der Waals surface area (Å²) in [6, 6.07) is 3.19. The topological polar surface area (TPSA) is 65.0 Å². The van der Waals surface area contributed by atoms with Crippen molar-refractivity contribution in [3.63, 3.8) is 0 Å². The van der Waals surface area contributed by atoms with E-state index in [1.165, 1.54) is 6.07 Å². The average molecular weight is 338 g/mol. The number of rotatable bonds is 13. The number of ether oxygens (including phenoxy) is 3. The zero-order valence-electron chi connectivity index (χ0n) is 15.1. The van der Waals surface area contributed by atoms with Gasteiger partial charge in [-0.25, -0.2) is 4.79 Å². The van der Waals surface area contributed by atoms with Crippen molar-refractivity contribution in [2.24, 2.45) is 0 Å². The predicted octanol–water partition coefficient (Wildman–Crippen LogP) is 4.92. The van der Waals surface area contributed by atoms with Gasteiger partial charge in [0, 0.05) is 0 Å². The number of hydrogen-bond acceptors (Lipinski definition) is 4. The van der Waals surface area contributed by atoms with Crippen LogP contribution < -0.4 is 14.2 Å². The van der Waals surface area contributed by atoms with E-state index in [1.807, 2.05) is 0 Å². The highest BCUT2D eigenvalue weighted by Gasteiger charge is 2.21. The third-order valence-electron chi connectivity index (χ3n) is 3.55. The third kappa shape index (κ3) is 6.30. The first-order chi connectivity index (χ1) is 11.7. The van der Waals surface area contributed by atoms with Crippen molar-refractivity contribution in [3.8, 4) is 17.2 Å². The Morgan fingerprint density at radius 2 is 1.33 bits per heavy atom. The lowest BCUT2D eigenvalue weighted by molar-refractivity contribution is 0.0690. The molecule has 5 heteroatoms. The molecule has 1 aromatic rings. The quantitative estimate of drug-likeness (QED) is 0.517. The molecule has 0 aromatic heterocycles. The zero-order valence-corrected chi connectivity index (χ0v) is 15.1. The van der Waals surface area contributed by atoms with Gasteiger partial charge in [0.25, 0.3) is 0 Å². The Morgan fingerprint density at radius 3 is 1.83 bits per heavy atom. The molecule has 1 N–H and O–H groups in total. The fraction of sp³-hybridized carbons (Fsp3) is 0.632. The van der Waals surface area contributed by atoms with Crippen LogP contribution in [0.4, 0.5) is 0 Å². The minimum absolute atomic E-state index is 0.112. The molecule has 1 aromatic carbocycles. The van der Waals surface area contributed by atoms with Gasteiger partial charge in [-0.3, -0.25) is 0 Å². The van der Waals surface area contributed by atoms with Crippen LogP contribution in [0.1, 0.15) is 69.7 Å². The minimum Gasteiger partial charge on any atom is -0.490 e. The smallest absolute Gasteiger partial charge is 0.339 e. The van der Waals surface area contributed by atoms with Crippen molar-refractivity contribution in [2.75, 3.05) is 19.8 Å². The summed E-state index contributed by atoms with van der Waals surface area (Å²) in [5, 5.41) is 9.45. The predicted molar refractivity (Wildman–Crippen MR) is 94.6 cm³/mol. The van der Waals surface area contributed by atoms with Crippen molar-refractivity contribution in [1.82, 2.24) is 0 Å². The monoisotopic (exact) mass is 338 g/mol. The van der Waals surface area contributed by atoms with Gasteiger partial charge in [-0.15, -0.1) is 0 Å². The van der Waals surface area contributed by atoms with E-state index in [9.17, 15) is 9.90 Å². The number of carboxylic acids is 1. The summed E-state index contributed by atoms with van der Waals surface area (Å²) in [7, 11) is 0. The molecule has 0 atom stereocenters. The first-order valence-electron chi connectivity index (χ1n) is 8.94. The maximum Gasteiger partial charge on any atom is 0.339 e. The molecule has 1 rings (SSSR count). The first-order valence-corrected chi connectivity index (χ1v) is 8.94. The molecular formula is C19H30O5. The van der Waals surface area contributed by atoms with E-state index in [0.29, 0.717) is 31.3 Å². The number of carboxylic acid groups (broad SMARTS) is 1. The molecule has 0 aliphatic rings. The second kappa shape index (κ2) is 11.6. The Morgan fingerprint density at radius 1 is 0.833 bits per heavy atom. The van der Waals surface area contributed by atoms with E-state index in [2.05, 4.69) is 20.8 Å². The van der Waals surface area contributed by atoms with Gasteiger partial charge in [-0.2, -0.15) is 0 Å². The average Bonchev–Trinajstić information content (AvgIpc) is 2.57. The van der Waals surface area contributed by atoms with Crippen molar-refractivity contribution in [1.29, 1.82) is 0 Å². The summed E-state index contributed by atoms with van der Waals surface area (Å²) < 4.78 is 17.4. The lowest BCUT2D eigenvalue weighted by Gasteiger charge is -2.18. The Kier molecular flexibility index (Phi) is 9.73. The summed E-state index contributed by atoms with van der Waals surface area (Å²) >= 11 is 0. The van der Waals surface area contributed by atoms with E-state index < -0.39 is 5.97 Å². The van der Waals surface area contributed by atoms with E-state index in [0.717, 1.165) is 38.5 Å². The minimum atomic E-state index is -1.03. The van der Waals surface area contributed by atoms with E-state index in [-0.39, 0.29) is 11.3 Å². The Bertz CT molecular complexity index is 499. The molecule has 0 unspecified atom stereocenters. The molecule has 0 saturated carbocycles. The fourth-order valence-corrected chi connectivity index (χ4v) is 2.07. The molecule has 24 heavy (non-hydrogen) atoms. The van der Waals surface area contributed by atoms with Crippen molar-refractivity contribution in [3.05, 3.63) is 17.7 Å². The van der Waals surface area contributed by atoms with Crippen LogP contribution in [-0.4, -0.2) is 30.9 Å². The molecule has 0 heterocycles. The molecule has 5 nitrogen and oxygen atoms in total. The number of benzene rings is 1. The van der Waals surface area contributed by atoms with Gasteiger partial charge in [0.15, 0.2) is 11.5 Å². The normalized spacial score (nSPS) is 10.5. The lowest BCUT2D eigenvalue weighted by Crippen LogP contribution is -2.10. The Labute approximate surface area is 144 Å². The maximum absolute atomic E-state index is 11.5. The number of unbranched alkanes of at least 4 members (excludes halogenated alkanes) is 3. The molecule has 0 aliphatic carbocycles.